The molecule has 0 aliphatic rings. The van der Waals surface area contributed by atoms with Crippen LogP contribution in [0.2, 0.25) is 0 Å². The van der Waals surface area contributed by atoms with E-state index in [1.807, 2.05) is 44.0 Å². The molecular weight excluding hydrogens is 242 g/mol. The van der Waals surface area contributed by atoms with Crippen LogP contribution in [0.1, 0.15) is 5.69 Å². The van der Waals surface area contributed by atoms with Crippen LogP contribution in [0.4, 0.5) is 17.3 Å². The lowest BCUT2D eigenvalue weighted by molar-refractivity contribution is 0.756. The molecule has 3 aromatic rings. The number of aromatic nitrogens is 5. The van der Waals surface area contributed by atoms with E-state index in [2.05, 4.69) is 25.7 Å². The SMILES string of the molecule is CNc1cn2ccnc2c(Nc2cn(C)nc2C)n1. The fourth-order valence-electron chi connectivity index (χ4n) is 1.99. The number of hydrogen-bond acceptors (Lipinski definition) is 5. The standard InChI is InChI=1S/C12H15N7/c1-8-9(6-18(3)17-8)15-11-12-14-4-5-19(12)7-10(13-2)16-11/h4-7,13H,1-3H3,(H,15,16). The Morgan fingerprint density at radius 1 is 1.26 bits per heavy atom. The van der Waals surface area contributed by atoms with Crippen LogP contribution in [-0.4, -0.2) is 31.2 Å². The van der Waals surface area contributed by atoms with Crippen molar-refractivity contribution in [1.82, 2.24) is 24.1 Å². The molecule has 0 fully saturated rings. The van der Waals surface area contributed by atoms with Gasteiger partial charge >= 0.3 is 0 Å². The number of rotatable bonds is 3. The van der Waals surface area contributed by atoms with Gasteiger partial charge in [0.1, 0.15) is 5.82 Å². The summed E-state index contributed by atoms with van der Waals surface area (Å²) >= 11 is 0. The Morgan fingerprint density at radius 3 is 2.79 bits per heavy atom. The Hall–Kier alpha value is -2.57. The molecule has 0 aromatic carbocycles. The maximum atomic E-state index is 4.49. The summed E-state index contributed by atoms with van der Waals surface area (Å²) in [6, 6.07) is 0. The molecule has 7 heteroatoms. The van der Waals surface area contributed by atoms with Gasteiger partial charge in [0.2, 0.25) is 0 Å². The molecule has 3 aromatic heterocycles. The highest BCUT2D eigenvalue weighted by Gasteiger charge is 2.10. The summed E-state index contributed by atoms with van der Waals surface area (Å²) in [5, 5.41) is 10.6. The van der Waals surface area contributed by atoms with E-state index >= 15 is 0 Å². The van der Waals surface area contributed by atoms with E-state index in [0.717, 1.165) is 22.8 Å². The summed E-state index contributed by atoms with van der Waals surface area (Å²) < 4.78 is 3.69. The largest absolute Gasteiger partial charge is 0.372 e. The lowest BCUT2D eigenvalue weighted by Crippen LogP contribution is -2.02. The predicted octanol–water partition coefficient (Wildman–Crippen LogP) is 1.56. The molecule has 98 valence electrons. The van der Waals surface area contributed by atoms with Gasteiger partial charge in [0.15, 0.2) is 11.5 Å². The minimum absolute atomic E-state index is 0.702. The molecule has 0 unspecified atom stereocenters. The summed E-state index contributed by atoms with van der Waals surface area (Å²) in [7, 11) is 3.73. The monoisotopic (exact) mass is 257 g/mol. The van der Waals surface area contributed by atoms with E-state index < -0.39 is 0 Å². The first-order valence-electron chi connectivity index (χ1n) is 5.96. The Bertz CT molecular complexity index is 725. The third-order valence-corrected chi connectivity index (χ3v) is 2.90. The lowest BCUT2D eigenvalue weighted by Gasteiger charge is -2.08. The van der Waals surface area contributed by atoms with Gasteiger partial charge in [-0.2, -0.15) is 5.10 Å². The van der Waals surface area contributed by atoms with Gasteiger partial charge in [-0.3, -0.25) is 4.68 Å². The average molecular weight is 257 g/mol. The Balaban J connectivity index is 2.08. The molecule has 0 bridgehead atoms. The lowest BCUT2D eigenvalue weighted by atomic mass is 10.4. The van der Waals surface area contributed by atoms with E-state index in [0.29, 0.717) is 5.82 Å². The minimum Gasteiger partial charge on any atom is -0.372 e. The number of anilines is 3. The Kier molecular flexibility index (Phi) is 2.59. The van der Waals surface area contributed by atoms with Crippen LogP contribution in [0.5, 0.6) is 0 Å². The zero-order valence-electron chi connectivity index (χ0n) is 11.0. The fraction of sp³-hybridized carbons (Fsp3) is 0.250. The fourth-order valence-corrected chi connectivity index (χ4v) is 1.99. The third kappa shape index (κ3) is 1.99. The third-order valence-electron chi connectivity index (χ3n) is 2.90. The van der Waals surface area contributed by atoms with Crippen molar-refractivity contribution in [2.24, 2.45) is 7.05 Å². The van der Waals surface area contributed by atoms with Crippen molar-refractivity contribution >= 4 is 23.0 Å². The van der Waals surface area contributed by atoms with Crippen LogP contribution in [0.25, 0.3) is 5.65 Å². The minimum atomic E-state index is 0.702. The topological polar surface area (TPSA) is 72.1 Å². The highest BCUT2D eigenvalue weighted by molar-refractivity contribution is 5.72. The molecule has 19 heavy (non-hydrogen) atoms. The van der Waals surface area contributed by atoms with E-state index in [9.17, 15) is 0 Å². The van der Waals surface area contributed by atoms with Gasteiger partial charge in [-0.1, -0.05) is 0 Å². The average Bonchev–Trinajstić information content (AvgIpc) is 2.96. The van der Waals surface area contributed by atoms with Crippen LogP contribution in [0, 0.1) is 6.92 Å². The molecule has 0 aliphatic heterocycles. The van der Waals surface area contributed by atoms with Gasteiger partial charge < -0.3 is 15.0 Å². The van der Waals surface area contributed by atoms with Gasteiger partial charge in [-0.25, -0.2) is 9.97 Å². The van der Waals surface area contributed by atoms with E-state index in [1.165, 1.54) is 0 Å². The highest BCUT2D eigenvalue weighted by atomic mass is 15.3. The zero-order chi connectivity index (χ0) is 13.4. The Labute approximate surface area is 110 Å². The molecule has 0 aliphatic carbocycles. The summed E-state index contributed by atoms with van der Waals surface area (Å²) in [6.45, 7) is 1.95. The molecule has 0 spiro atoms. The van der Waals surface area contributed by atoms with E-state index in [-0.39, 0.29) is 0 Å². The van der Waals surface area contributed by atoms with Gasteiger partial charge in [-0.15, -0.1) is 0 Å². The first-order valence-corrected chi connectivity index (χ1v) is 5.96. The van der Waals surface area contributed by atoms with Crippen molar-refractivity contribution in [3.05, 3.63) is 30.5 Å². The van der Waals surface area contributed by atoms with Crippen molar-refractivity contribution < 1.29 is 0 Å². The quantitative estimate of drug-likeness (QED) is 0.745. The second kappa shape index (κ2) is 4.27. The Morgan fingerprint density at radius 2 is 2.11 bits per heavy atom. The van der Waals surface area contributed by atoms with Crippen LogP contribution >= 0.6 is 0 Å². The second-order valence-electron chi connectivity index (χ2n) is 4.31. The number of nitrogens with one attached hydrogen (secondary N) is 2. The van der Waals surface area contributed by atoms with Crippen molar-refractivity contribution in [2.75, 3.05) is 17.7 Å². The maximum absolute atomic E-state index is 4.49. The molecule has 0 saturated heterocycles. The smallest absolute Gasteiger partial charge is 0.180 e. The predicted molar refractivity (Wildman–Crippen MR) is 73.8 cm³/mol. The molecule has 3 rings (SSSR count). The van der Waals surface area contributed by atoms with Crippen molar-refractivity contribution in [1.29, 1.82) is 0 Å². The van der Waals surface area contributed by atoms with Gasteiger partial charge in [0.05, 0.1) is 17.6 Å². The van der Waals surface area contributed by atoms with Gasteiger partial charge in [0.25, 0.3) is 0 Å². The molecule has 0 amide bonds. The van der Waals surface area contributed by atoms with Crippen molar-refractivity contribution in [3.8, 4) is 0 Å². The number of imidazole rings is 1. The van der Waals surface area contributed by atoms with Gasteiger partial charge in [-0.05, 0) is 6.92 Å². The first kappa shape index (κ1) is 11.5. The molecule has 2 N–H and O–H groups in total. The molecule has 0 atom stereocenters. The summed E-state index contributed by atoms with van der Waals surface area (Å²) in [5.74, 6) is 1.47. The molecule has 0 saturated carbocycles. The summed E-state index contributed by atoms with van der Waals surface area (Å²) in [6.07, 6.45) is 7.45. The van der Waals surface area contributed by atoms with Crippen molar-refractivity contribution in [2.45, 2.75) is 6.92 Å². The molecule has 3 heterocycles. The molecule has 7 nitrogen and oxygen atoms in total. The van der Waals surface area contributed by atoms with E-state index in [4.69, 9.17) is 0 Å². The number of aryl methyl sites for hydroxylation is 2. The highest BCUT2D eigenvalue weighted by Crippen LogP contribution is 2.22. The molecule has 0 radical (unpaired) electrons. The number of nitrogens with zero attached hydrogens (tertiary/aromatic N) is 5. The summed E-state index contributed by atoms with van der Waals surface area (Å²) in [4.78, 5) is 8.80. The van der Waals surface area contributed by atoms with Crippen LogP contribution in [-0.2, 0) is 7.05 Å². The normalized spacial score (nSPS) is 10.9. The number of fused-ring (bicyclic) bond motifs is 1. The van der Waals surface area contributed by atoms with Crippen molar-refractivity contribution in [3.63, 3.8) is 0 Å². The molecular formula is C12H15N7. The second-order valence-corrected chi connectivity index (χ2v) is 4.31. The van der Waals surface area contributed by atoms with Gasteiger partial charge in [0, 0.05) is 32.7 Å². The first-order chi connectivity index (χ1) is 9.17. The van der Waals surface area contributed by atoms with Crippen LogP contribution in [0.15, 0.2) is 24.8 Å². The number of hydrogen-bond donors (Lipinski definition) is 2. The van der Waals surface area contributed by atoms with E-state index in [1.54, 1.807) is 10.9 Å². The summed E-state index contributed by atoms with van der Waals surface area (Å²) in [5.41, 5.74) is 2.62. The zero-order valence-corrected chi connectivity index (χ0v) is 11.0. The van der Waals surface area contributed by atoms with Crippen LogP contribution in [0.3, 0.4) is 0 Å². The van der Waals surface area contributed by atoms with Crippen LogP contribution < -0.4 is 10.6 Å². The maximum Gasteiger partial charge on any atom is 0.180 e.